The fraction of sp³-hybridized carbons (Fsp3) is 0.250. The summed E-state index contributed by atoms with van der Waals surface area (Å²) in [6.07, 6.45) is 0. The van der Waals surface area contributed by atoms with Gasteiger partial charge in [-0.1, -0.05) is 15.9 Å². The van der Waals surface area contributed by atoms with Crippen LogP contribution in [0.25, 0.3) is 0 Å². The number of anilines is 2. The first kappa shape index (κ1) is 10.8. The minimum atomic E-state index is -0.241. The van der Waals surface area contributed by atoms with Gasteiger partial charge in [0.1, 0.15) is 11.6 Å². The summed E-state index contributed by atoms with van der Waals surface area (Å²) in [5, 5.41) is 2.59. The number of nitrogens with one attached hydrogen (secondary N) is 1. The number of nitrogens with two attached hydrogens (primary N) is 1. The number of rotatable bonds is 1. The molecule has 5 nitrogen and oxygen atoms in total. The van der Waals surface area contributed by atoms with Crippen molar-refractivity contribution in [1.82, 2.24) is 9.88 Å². The topological polar surface area (TPSA) is 71.2 Å². The smallest absolute Gasteiger partial charge is 0.322 e. The molecule has 0 aliphatic rings. The van der Waals surface area contributed by atoms with Gasteiger partial charge in [0, 0.05) is 18.6 Å². The zero-order valence-electron chi connectivity index (χ0n) is 7.91. The Labute approximate surface area is 90.4 Å². The molecule has 0 aromatic carbocycles. The number of hydrogen-bond acceptors (Lipinski definition) is 3. The van der Waals surface area contributed by atoms with Crippen LogP contribution < -0.4 is 11.1 Å². The predicted molar refractivity (Wildman–Crippen MR) is 59.1 cm³/mol. The maximum atomic E-state index is 11.3. The van der Waals surface area contributed by atoms with Crippen LogP contribution in [-0.4, -0.2) is 30.0 Å². The van der Waals surface area contributed by atoms with Gasteiger partial charge in [-0.15, -0.1) is 0 Å². The first-order valence-electron chi connectivity index (χ1n) is 3.90. The van der Waals surface area contributed by atoms with E-state index in [9.17, 15) is 4.79 Å². The minimum absolute atomic E-state index is 0.241. The molecule has 6 heteroatoms. The molecule has 76 valence electrons. The maximum Gasteiger partial charge on any atom is 0.322 e. The van der Waals surface area contributed by atoms with Crippen LogP contribution in [0, 0.1) is 0 Å². The van der Waals surface area contributed by atoms with E-state index in [1.807, 2.05) is 0 Å². The Morgan fingerprint density at radius 1 is 1.57 bits per heavy atom. The van der Waals surface area contributed by atoms with E-state index in [1.165, 1.54) is 4.90 Å². The molecule has 0 atom stereocenters. The number of urea groups is 1. The molecule has 0 aliphatic heterocycles. The Bertz CT molecular complexity index is 333. The van der Waals surface area contributed by atoms with Gasteiger partial charge < -0.3 is 10.6 Å². The van der Waals surface area contributed by atoms with Gasteiger partial charge in [-0.05, 0) is 12.1 Å². The number of nitrogen functional groups attached to an aromatic ring is 1. The van der Waals surface area contributed by atoms with E-state index in [2.05, 4.69) is 26.2 Å². The molecule has 1 aromatic rings. The van der Waals surface area contributed by atoms with E-state index in [0.29, 0.717) is 11.6 Å². The maximum absolute atomic E-state index is 11.3. The number of pyridine rings is 1. The molecule has 0 saturated heterocycles. The lowest BCUT2D eigenvalue weighted by Crippen LogP contribution is -2.27. The Morgan fingerprint density at radius 3 is 2.71 bits per heavy atom. The van der Waals surface area contributed by atoms with Gasteiger partial charge in [-0.2, -0.15) is 0 Å². The second kappa shape index (κ2) is 4.28. The number of carbonyl (C=O) groups excluding carboxylic acids is 1. The number of amides is 2. The van der Waals surface area contributed by atoms with Crippen LogP contribution in [0.15, 0.2) is 16.6 Å². The molecule has 1 rings (SSSR count). The summed E-state index contributed by atoms with van der Waals surface area (Å²) in [5.74, 6) is 0.781. The van der Waals surface area contributed by atoms with E-state index in [-0.39, 0.29) is 6.03 Å². The van der Waals surface area contributed by atoms with Crippen molar-refractivity contribution in [2.24, 2.45) is 0 Å². The second-order valence-electron chi connectivity index (χ2n) is 2.92. The van der Waals surface area contributed by atoms with Crippen molar-refractivity contribution in [3.05, 3.63) is 16.6 Å². The lowest BCUT2D eigenvalue weighted by molar-refractivity contribution is 0.230. The van der Waals surface area contributed by atoms with Gasteiger partial charge in [0.15, 0.2) is 0 Å². The Kier molecular flexibility index (Phi) is 3.29. The summed E-state index contributed by atoms with van der Waals surface area (Å²) in [4.78, 5) is 16.6. The van der Waals surface area contributed by atoms with Gasteiger partial charge >= 0.3 is 6.03 Å². The summed E-state index contributed by atoms with van der Waals surface area (Å²) >= 11 is 3.26. The quantitative estimate of drug-likeness (QED) is 0.803. The first-order valence-corrected chi connectivity index (χ1v) is 4.69. The fourth-order valence-corrected chi connectivity index (χ4v) is 1.25. The van der Waals surface area contributed by atoms with Gasteiger partial charge in [0.05, 0.1) is 0 Å². The lowest BCUT2D eigenvalue weighted by Gasteiger charge is -2.11. The lowest BCUT2D eigenvalue weighted by atomic mass is 10.4. The molecule has 1 aromatic heterocycles. The molecule has 0 radical (unpaired) electrons. The fourth-order valence-electron chi connectivity index (χ4n) is 0.803. The van der Waals surface area contributed by atoms with Crippen LogP contribution in [0.1, 0.15) is 0 Å². The minimum Gasteiger partial charge on any atom is -0.384 e. The standard InChI is InChI=1S/C8H11BrN4O/c1-13(2)8(14)12-7-4-5(9)3-6(10)11-7/h3-4H,1-2H3,(H3,10,11,12,14). The molecule has 0 bridgehead atoms. The van der Waals surface area contributed by atoms with Crippen molar-refractivity contribution in [2.45, 2.75) is 0 Å². The van der Waals surface area contributed by atoms with Crippen molar-refractivity contribution in [3.8, 4) is 0 Å². The molecular weight excluding hydrogens is 248 g/mol. The third-order valence-corrected chi connectivity index (χ3v) is 1.91. The Balaban J connectivity index is 2.82. The predicted octanol–water partition coefficient (Wildman–Crippen LogP) is 1.52. The number of hydrogen-bond donors (Lipinski definition) is 2. The second-order valence-corrected chi connectivity index (χ2v) is 3.84. The van der Waals surface area contributed by atoms with Crippen molar-refractivity contribution in [2.75, 3.05) is 25.1 Å². The van der Waals surface area contributed by atoms with Crippen molar-refractivity contribution in [1.29, 1.82) is 0 Å². The number of aromatic nitrogens is 1. The van der Waals surface area contributed by atoms with Crippen LogP contribution in [0.3, 0.4) is 0 Å². The zero-order valence-corrected chi connectivity index (χ0v) is 9.50. The van der Waals surface area contributed by atoms with Crippen molar-refractivity contribution in [3.63, 3.8) is 0 Å². The van der Waals surface area contributed by atoms with Crippen LogP contribution >= 0.6 is 15.9 Å². The highest BCUT2D eigenvalue weighted by molar-refractivity contribution is 9.10. The largest absolute Gasteiger partial charge is 0.384 e. The zero-order chi connectivity index (χ0) is 10.7. The Morgan fingerprint density at radius 2 is 2.21 bits per heavy atom. The van der Waals surface area contributed by atoms with Gasteiger partial charge in [0.25, 0.3) is 0 Å². The van der Waals surface area contributed by atoms with E-state index in [0.717, 1.165) is 4.47 Å². The molecule has 14 heavy (non-hydrogen) atoms. The van der Waals surface area contributed by atoms with Crippen molar-refractivity contribution < 1.29 is 4.79 Å². The SMILES string of the molecule is CN(C)C(=O)Nc1cc(Br)cc(N)n1. The average molecular weight is 259 g/mol. The summed E-state index contributed by atoms with van der Waals surface area (Å²) in [6.45, 7) is 0. The highest BCUT2D eigenvalue weighted by Gasteiger charge is 2.05. The van der Waals surface area contributed by atoms with Crippen LogP contribution in [-0.2, 0) is 0 Å². The highest BCUT2D eigenvalue weighted by Crippen LogP contribution is 2.17. The van der Waals surface area contributed by atoms with Gasteiger partial charge in [0.2, 0.25) is 0 Å². The number of carbonyl (C=O) groups is 1. The van der Waals surface area contributed by atoms with Gasteiger partial charge in [-0.3, -0.25) is 5.32 Å². The van der Waals surface area contributed by atoms with Crippen LogP contribution in [0.4, 0.5) is 16.4 Å². The van der Waals surface area contributed by atoms with E-state index in [4.69, 9.17) is 5.73 Å². The normalized spacial score (nSPS) is 9.64. The van der Waals surface area contributed by atoms with E-state index < -0.39 is 0 Å². The average Bonchev–Trinajstić information content (AvgIpc) is 2.01. The van der Waals surface area contributed by atoms with E-state index >= 15 is 0 Å². The van der Waals surface area contributed by atoms with Gasteiger partial charge in [-0.25, -0.2) is 9.78 Å². The summed E-state index contributed by atoms with van der Waals surface area (Å²) < 4.78 is 0.777. The van der Waals surface area contributed by atoms with E-state index in [1.54, 1.807) is 26.2 Å². The third kappa shape index (κ3) is 2.88. The number of halogens is 1. The highest BCUT2D eigenvalue weighted by atomic mass is 79.9. The Hall–Kier alpha value is -1.30. The summed E-state index contributed by atoms with van der Waals surface area (Å²) in [6, 6.07) is 3.10. The molecule has 0 unspecified atom stereocenters. The summed E-state index contributed by atoms with van der Waals surface area (Å²) in [7, 11) is 3.30. The molecule has 0 fully saturated rings. The molecule has 0 aliphatic carbocycles. The summed E-state index contributed by atoms with van der Waals surface area (Å²) in [5.41, 5.74) is 5.51. The number of nitrogens with zero attached hydrogens (tertiary/aromatic N) is 2. The molecule has 3 N–H and O–H groups in total. The molecule has 0 saturated carbocycles. The first-order chi connectivity index (χ1) is 6.49. The third-order valence-electron chi connectivity index (χ3n) is 1.45. The molecule has 1 heterocycles. The van der Waals surface area contributed by atoms with Crippen LogP contribution in [0.5, 0.6) is 0 Å². The monoisotopic (exact) mass is 258 g/mol. The van der Waals surface area contributed by atoms with Crippen molar-refractivity contribution >= 4 is 33.6 Å². The molecular formula is C8H11BrN4O. The van der Waals surface area contributed by atoms with Crippen LogP contribution in [0.2, 0.25) is 0 Å². The molecule has 0 spiro atoms. The molecule has 2 amide bonds.